The van der Waals surface area contributed by atoms with Crippen molar-refractivity contribution in [3.05, 3.63) is 92.9 Å². The van der Waals surface area contributed by atoms with E-state index in [1.807, 2.05) is 38.1 Å². The van der Waals surface area contributed by atoms with Crippen LogP contribution in [0.15, 0.2) is 76.3 Å². The topological polar surface area (TPSA) is 89.0 Å². The van der Waals surface area contributed by atoms with Crippen molar-refractivity contribution in [2.45, 2.75) is 26.5 Å². The third kappa shape index (κ3) is 7.57. The second-order valence-electron chi connectivity index (χ2n) is 8.23. The molecule has 0 bridgehead atoms. The smallest absolute Gasteiger partial charge is 0.262 e. The number of rotatable bonds is 10. The van der Waals surface area contributed by atoms with Gasteiger partial charge in [0.25, 0.3) is 11.8 Å². The van der Waals surface area contributed by atoms with Gasteiger partial charge in [0.2, 0.25) is 0 Å². The van der Waals surface area contributed by atoms with E-state index in [2.05, 4.69) is 31.8 Å². The lowest BCUT2D eigenvalue weighted by Crippen LogP contribution is -2.48. The van der Waals surface area contributed by atoms with Gasteiger partial charge in [-0.25, -0.2) is 5.43 Å². The van der Waals surface area contributed by atoms with Crippen LogP contribution < -0.4 is 20.2 Å². The Hall–Kier alpha value is -3.36. The summed E-state index contributed by atoms with van der Waals surface area (Å²) in [5.41, 5.74) is 4.52. The highest BCUT2D eigenvalue weighted by Crippen LogP contribution is 2.28. The molecule has 2 N–H and O–H groups in total. The minimum atomic E-state index is -0.796. The molecule has 3 aromatic rings. The van der Waals surface area contributed by atoms with E-state index in [1.165, 1.54) is 6.21 Å². The lowest BCUT2D eigenvalue weighted by molar-refractivity contribution is -0.123. The summed E-state index contributed by atoms with van der Waals surface area (Å²) in [6.45, 7) is 4.06. The number of nitrogens with one attached hydrogen (secondary N) is 2. The van der Waals surface area contributed by atoms with Crippen molar-refractivity contribution in [1.29, 1.82) is 0 Å². The first-order valence-electron chi connectivity index (χ1n) is 11.2. The van der Waals surface area contributed by atoms with E-state index in [1.54, 1.807) is 49.6 Å². The van der Waals surface area contributed by atoms with Crippen molar-refractivity contribution in [3.8, 4) is 11.5 Å². The summed E-state index contributed by atoms with van der Waals surface area (Å²) < 4.78 is 12.3. The molecule has 3 aromatic carbocycles. The average Bonchev–Trinajstić information content (AvgIpc) is 2.87. The summed E-state index contributed by atoms with van der Waals surface area (Å²) in [7, 11) is 1.55. The summed E-state index contributed by atoms with van der Waals surface area (Å²) >= 11 is 9.52. The fourth-order valence-electron chi connectivity index (χ4n) is 3.26. The highest BCUT2D eigenvalue weighted by Gasteiger charge is 2.25. The molecular weight excluding hydrogens is 546 g/mol. The van der Waals surface area contributed by atoms with Crippen molar-refractivity contribution in [2.24, 2.45) is 11.0 Å². The van der Waals surface area contributed by atoms with Gasteiger partial charge in [0, 0.05) is 4.47 Å². The number of amides is 2. The fourth-order valence-corrected chi connectivity index (χ4v) is 3.75. The van der Waals surface area contributed by atoms with E-state index >= 15 is 0 Å². The number of halogens is 2. The Morgan fingerprint density at radius 1 is 1.06 bits per heavy atom. The molecule has 0 spiro atoms. The van der Waals surface area contributed by atoms with Gasteiger partial charge in [-0.15, -0.1) is 0 Å². The maximum absolute atomic E-state index is 12.7. The van der Waals surface area contributed by atoms with Gasteiger partial charge >= 0.3 is 0 Å². The van der Waals surface area contributed by atoms with Crippen LogP contribution in [-0.2, 0) is 11.4 Å². The van der Waals surface area contributed by atoms with Crippen molar-refractivity contribution >= 4 is 45.6 Å². The lowest BCUT2D eigenvalue weighted by atomic mass is 10.0. The Morgan fingerprint density at radius 2 is 1.78 bits per heavy atom. The van der Waals surface area contributed by atoms with Crippen molar-refractivity contribution in [2.75, 3.05) is 7.11 Å². The molecular formula is C27H27BrClN3O4. The molecule has 0 heterocycles. The number of methoxy groups -OCH3 is 1. The Kier molecular flexibility index (Phi) is 9.90. The molecule has 1 atom stereocenters. The first-order chi connectivity index (χ1) is 17.3. The lowest BCUT2D eigenvalue weighted by Gasteiger charge is -2.20. The fraction of sp³-hybridized carbons (Fsp3) is 0.222. The van der Waals surface area contributed by atoms with Crippen LogP contribution in [0.4, 0.5) is 0 Å². The van der Waals surface area contributed by atoms with Gasteiger partial charge in [-0.05, 0) is 59.5 Å². The van der Waals surface area contributed by atoms with Gasteiger partial charge in [-0.3, -0.25) is 9.59 Å². The van der Waals surface area contributed by atoms with E-state index in [0.29, 0.717) is 34.3 Å². The molecule has 0 aliphatic heterocycles. The maximum atomic E-state index is 12.7. The molecule has 0 fully saturated rings. The van der Waals surface area contributed by atoms with E-state index in [-0.39, 0.29) is 5.92 Å². The quantitative estimate of drug-likeness (QED) is 0.245. The van der Waals surface area contributed by atoms with E-state index in [4.69, 9.17) is 21.1 Å². The predicted molar refractivity (Wildman–Crippen MR) is 145 cm³/mol. The molecule has 0 aliphatic rings. The minimum absolute atomic E-state index is 0.172. The largest absolute Gasteiger partial charge is 0.493 e. The number of carbonyl (C=O) groups is 2. The van der Waals surface area contributed by atoms with E-state index in [0.717, 1.165) is 10.0 Å². The average molecular weight is 573 g/mol. The minimum Gasteiger partial charge on any atom is -0.493 e. The molecule has 36 heavy (non-hydrogen) atoms. The van der Waals surface area contributed by atoms with Crippen LogP contribution in [0.5, 0.6) is 11.5 Å². The van der Waals surface area contributed by atoms with Crippen LogP contribution in [0.25, 0.3) is 0 Å². The number of hydrazone groups is 1. The molecule has 0 radical (unpaired) electrons. The van der Waals surface area contributed by atoms with Crippen LogP contribution in [0.2, 0.25) is 5.02 Å². The highest BCUT2D eigenvalue weighted by molar-refractivity contribution is 9.10. The molecule has 3 rings (SSSR count). The van der Waals surface area contributed by atoms with Gasteiger partial charge in [-0.1, -0.05) is 65.6 Å². The molecule has 0 saturated heterocycles. The van der Waals surface area contributed by atoms with E-state index in [9.17, 15) is 9.59 Å². The zero-order chi connectivity index (χ0) is 26.1. The van der Waals surface area contributed by atoms with Crippen LogP contribution in [0.3, 0.4) is 0 Å². The zero-order valence-corrected chi connectivity index (χ0v) is 22.5. The van der Waals surface area contributed by atoms with Gasteiger partial charge < -0.3 is 14.8 Å². The number of nitrogens with zero attached hydrogens (tertiary/aromatic N) is 1. The van der Waals surface area contributed by atoms with E-state index < -0.39 is 17.9 Å². The molecule has 0 aliphatic carbocycles. The number of hydrogen-bond donors (Lipinski definition) is 2. The van der Waals surface area contributed by atoms with Gasteiger partial charge in [0.15, 0.2) is 11.5 Å². The monoisotopic (exact) mass is 571 g/mol. The molecule has 9 heteroatoms. The second-order valence-corrected chi connectivity index (χ2v) is 9.56. The Balaban J connectivity index is 1.61. The summed E-state index contributed by atoms with van der Waals surface area (Å²) in [5, 5.41) is 7.09. The maximum Gasteiger partial charge on any atom is 0.262 e. The molecule has 7 nitrogen and oxygen atoms in total. The van der Waals surface area contributed by atoms with Crippen LogP contribution in [-0.4, -0.2) is 31.2 Å². The molecule has 1 unspecified atom stereocenters. The Morgan fingerprint density at radius 3 is 2.44 bits per heavy atom. The van der Waals surface area contributed by atoms with Crippen molar-refractivity contribution in [1.82, 2.24) is 10.7 Å². The second kappa shape index (κ2) is 13.1. The predicted octanol–water partition coefficient (Wildman–Crippen LogP) is 5.59. The number of carbonyl (C=O) groups excluding carboxylic acids is 2. The summed E-state index contributed by atoms with van der Waals surface area (Å²) in [6, 6.07) is 19.1. The Labute approximate surface area is 224 Å². The summed E-state index contributed by atoms with van der Waals surface area (Å²) in [4.78, 5) is 25.3. The molecule has 0 aromatic heterocycles. The normalized spacial score (nSPS) is 11.8. The first kappa shape index (κ1) is 27.2. The number of hydrogen-bond acceptors (Lipinski definition) is 5. The molecule has 2 amide bonds. The molecule has 0 saturated carbocycles. The Bertz CT molecular complexity index is 1230. The molecule has 188 valence electrons. The first-order valence-corrected chi connectivity index (χ1v) is 12.4. The van der Waals surface area contributed by atoms with Gasteiger partial charge in [0.1, 0.15) is 12.6 Å². The number of benzene rings is 3. The number of ether oxygens (including phenoxy) is 2. The zero-order valence-electron chi connectivity index (χ0n) is 20.1. The van der Waals surface area contributed by atoms with Crippen LogP contribution in [0, 0.1) is 5.92 Å². The van der Waals surface area contributed by atoms with Crippen molar-refractivity contribution < 1.29 is 19.1 Å². The van der Waals surface area contributed by atoms with Crippen LogP contribution in [0.1, 0.15) is 35.3 Å². The summed E-state index contributed by atoms with van der Waals surface area (Å²) in [5.74, 6) is 0.0806. The van der Waals surface area contributed by atoms with Gasteiger partial charge in [-0.2, -0.15) is 5.10 Å². The van der Waals surface area contributed by atoms with Gasteiger partial charge in [0.05, 0.1) is 23.9 Å². The summed E-state index contributed by atoms with van der Waals surface area (Å²) in [6.07, 6.45) is 1.49. The SMILES string of the molecule is COc1cc(/C=N\NC(=O)C(NC(=O)c2ccccc2Cl)C(C)C)ccc1OCc1ccc(Br)cc1. The van der Waals surface area contributed by atoms with Crippen molar-refractivity contribution in [3.63, 3.8) is 0 Å². The third-order valence-electron chi connectivity index (χ3n) is 5.24. The highest BCUT2D eigenvalue weighted by atomic mass is 79.9. The van der Waals surface area contributed by atoms with Crippen LogP contribution >= 0.6 is 27.5 Å². The standard InChI is InChI=1S/C27H27BrClN3O4/c1-17(2)25(31-26(33)21-6-4-5-7-22(21)29)27(34)32-30-15-19-10-13-23(24(14-19)35-3)36-16-18-8-11-20(28)12-9-18/h4-15,17,25H,16H2,1-3H3,(H,31,33)(H,32,34)/b30-15-. The third-order valence-corrected chi connectivity index (χ3v) is 6.10.